The fourth-order valence-corrected chi connectivity index (χ4v) is 2.85. The van der Waals surface area contributed by atoms with E-state index in [0.29, 0.717) is 6.42 Å². The van der Waals surface area contributed by atoms with Gasteiger partial charge < -0.3 is 11.1 Å². The van der Waals surface area contributed by atoms with Crippen molar-refractivity contribution in [2.45, 2.75) is 44.6 Å². The number of nitrogens with two attached hydrogens (primary N) is 1. The zero-order valence-electron chi connectivity index (χ0n) is 10.6. The standard InChI is InChI=1S/C14H19BrN2O/c1-10-4-5-11(15)12(8-10)17-13(18)9-14(16)6-2-3-7-14/h4-5,8H,2-3,6-7,9,16H2,1H3,(H,17,18). The zero-order chi connectivity index (χ0) is 13.2. The smallest absolute Gasteiger partial charge is 0.226 e. The van der Waals surface area contributed by atoms with Gasteiger partial charge in [0.15, 0.2) is 0 Å². The SMILES string of the molecule is Cc1ccc(Br)c(NC(=O)CC2(N)CCCC2)c1. The fraction of sp³-hybridized carbons (Fsp3) is 0.500. The number of hydrogen-bond donors (Lipinski definition) is 2. The molecule has 4 heteroatoms. The van der Waals surface area contributed by atoms with E-state index in [9.17, 15) is 4.79 Å². The van der Waals surface area contributed by atoms with E-state index in [1.165, 1.54) is 0 Å². The Kier molecular flexibility index (Phi) is 4.07. The minimum absolute atomic E-state index is 0.00528. The molecule has 1 aromatic carbocycles. The fourth-order valence-electron chi connectivity index (χ4n) is 2.50. The van der Waals surface area contributed by atoms with E-state index in [-0.39, 0.29) is 11.4 Å². The number of nitrogens with one attached hydrogen (secondary N) is 1. The Morgan fingerprint density at radius 3 is 2.78 bits per heavy atom. The minimum atomic E-state index is -0.291. The average Bonchev–Trinajstić information content (AvgIpc) is 2.70. The van der Waals surface area contributed by atoms with Crippen LogP contribution in [0.15, 0.2) is 22.7 Å². The molecular formula is C14H19BrN2O. The first-order valence-electron chi connectivity index (χ1n) is 6.33. The third-order valence-electron chi connectivity index (χ3n) is 3.51. The second-order valence-corrected chi connectivity index (χ2v) is 6.13. The van der Waals surface area contributed by atoms with Crippen LogP contribution in [0.25, 0.3) is 0 Å². The lowest BCUT2D eigenvalue weighted by Crippen LogP contribution is -2.40. The number of hydrogen-bond acceptors (Lipinski definition) is 2. The van der Waals surface area contributed by atoms with Crippen molar-refractivity contribution in [1.82, 2.24) is 0 Å². The number of anilines is 1. The van der Waals surface area contributed by atoms with E-state index >= 15 is 0 Å². The molecule has 0 saturated heterocycles. The topological polar surface area (TPSA) is 55.1 Å². The maximum absolute atomic E-state index is 12.0. The Bertz CT molecular complexity index is 453. The molecule has 18 heavy (non-hydrogen) atoms. The molecule has 0 spiro atoms. The quantitative estimate of drug-likeness (QED) is 0.899. The van der Waals surface area contributed by atoms with Gasteiger partial charge in [-0.15, -0.1) is 0 Å². The maximum Gasteiger partial charge on any atom is 0.226 e. The number of carbonyl (C=O) groups excluding carboxylic acids is 1. The molecule has 1 aliphatic rings. The molecule has 1 amide bonds. The van der Waals surface area contributed by atoms with Crippen molar-refractivity contribution in [1.29, 1.82) is 0 Å². The Hall–Kier alpha value is -0.870. The largest absolute Gasteiger partial charge is 0.325 e. The number of aryl methyl sites for hydroxylation is 1. The van der Waals surface area contributed by atoms with Crippen LogP contribution >= 0.6 is 15.9 Å². The maximum atomic E-state index is 12.0. The molecule has 2 rings (SSSR count). The molecule has 1 fully saturated rings. The summed E-state index contributed by atoms with van der Waals surface area (Å²) < 4.78 is 0.902. The summed E-state index contributed by atoms with van der Waals surface area (Å²) in [5.74, 6) is 0.00528. The summed E-state index contributed by atoms with van der Waals surface area (Å²) in [6.07, 6.45) is 4.59. The van der Waals surface area contributed by atoms with Crippen molar-refractivity contribution in [3.63, 3.8) is 0 Å². The number of halogens is 1. The van der Waals surface area contributed by atoms with Gasteiger partial charge in [0, 0.05) is 16.4 Å². The molecule has 0 aromatic heterocycles. The Labute approximate surface area is 116 Å². The molecule has 0 heterocycles. The van der Waals surface area contributed by atoms with Crippen LogP contribution in [0.3, 0.4) is 0 Å². The van der Waals surface area contributed by atoms with Gasteiger partial charge in [0.25, 0.3) is 0 Å². The van der Waals surface area contributed by atoms with E-state index in [1.54, 1.807) is 0 Å². The van der Waals surface area contributed by atoms with Crippen LogP contribution in [-0.2, 0) is 4.79 Å². The third kappa shape index (κ3) is 3.33. The highest BCUT2D eigenvalue weighted by Gasteiger charge is 2.31. The molecule has 0 unspecified atom stereocenters. The first kappa shape index (κ1) is 13.6. The van der Waals surface area contributed by atoms with Gasteiger partial charge in [0.1, 0.15) is 0 Å². The Morgan fingerprint density at radius 2 is 2.11 bits per heavy atom. The second kappa shape index (κ2) is 5.41. The van der Waals surface area contributed by atoms with Crippen LogP contribution in [0, 0.1) is 6.92 Å². The number of carbonyl (C=O) groups is 1. The highest BCUT2D eigenvalue weighted by atomic mass is 79.9. The van der Waals surface area contributed by atoms with Crippen molar-refractivity contribution < 1.29 is 4.79 Å². The minimum Gasteiger partial charge on any atom is -0.325 e. The van der Waals surface area contributed by atoms with Crippen molar-refractivity contribution in [2.24, 2.45) is 5.73 Å². The summed E-state index contributed by atoms with van der Waals surface area (Å²) in [6.45, 7) is 2.00. The molecule has 98 valence electrons. The molecule has 0 bridgehead atoms. The van der Waals surface area contributed by atoms with Gasteiger partial charge in [-0.1, -0.05) is 18.9 Å². The number of benzene rings is 1. The summed E-state index contributed by atoms with van der Waals surface area (Å²) >= 11 is 3.44. The predicted molar refractivity (Wildman–Crippen MR) is 77.5 cm³/mol. The molecule has 1 saturated carbocycles. The molecule has 1 aliphatic carbocycles. The monoisotopic (exact) mass is 310 g/mol. The molecule has 0 atom stereocenters. The zero-order valence-corrected chi connectivity index (χ0v) is 12.2. The first-order chi connectivity index (χ1) is 8.48. The lowest BCUT2D eigenvalue weighted by molar-refractivity contribution is -0.117. The van der Waals surface area contributed by atoms with Gasteiger partial charge in [-0.3, -0.25) is 4.79 Å². The number of rotatable bonds is 3. The summed E-state index contributed by atoms with van der Waals surface area (Å²) in [4.78, 5) is 12.0. The molecular weight excluding hydrogens is 292 g/mol. The molecule has 0 aliphatic heterocycles. The van der Waals surface area contributed by atoms with Crippen LogP contribution in [0.4, 0.5) is 5.69 Å². The van der Waals surface area contributed by atoms with Crippen molar-refractivity contribution in [3.05, 3.63) is 28.2 Å². The van der Waals surface area contributed by atoms with Gasteiger partial charge in [-0.05, 0) is 53.4 Å². The Balaban J connectivity index is 2.00. The van der Waals surface area contributed by atoms with E-state index in [0.717, 1.165) is 41.4 Å². The summed E-state index contributed by atoms with van der Waals surface area (Å²) in [7, 11) is 0. The van der Waals surface area contributed by atoms with Gasteiger partial charge in [0.2, 0.25) is 5.91 Å². The molecule has 3 N–H and O–H groups in total. The van der Waals surface area contributed by atoms with E-state index in [1.807, 2.05) is 25.1 Å². The van der Waals surface area contributed by atoms with Crippen LogP contribution in [-0.4, -0.2) is 11.4 Å². The average molecular weight is 311 g/mol. The number of amides is 1. The highest BCUT2D eigenvalue weighted by Crippen LogP contribution is 2.31. The molecule has 1 aromatic rings. The predicted octanol–water partition coefficient (Wildman–Crippen LogP) is 3.36. The lowest BCUT2D eigenvalue weighted by Gasteiger charge is -2.22. The van der Waals surface area contributed by atoms with Crippen molar-refractivity contribution in [3.8, 4) is 0 Å². The van der Waals surface area contributed by atoms with Crippen molar-refractivity contribution >= 4 is 27.5 Å². The van der Waals surface area contributed by atoms with Crippen LogP contribution in [0.1, 0.15) is 37.7 Å². The van der Waals surface area contributed by atoms with Crippen LogP contribution in [0.2, 0.25) is 0 Å². The van der Waals surface area contributed by atoms with Gasteiger partial charge >= 0.3 is 0 Å². The summed E-state index contributed by atoms with van der Waals surface area (Å²) in [6, 6.07) is 5.90. The van der Waals surface area contributed by atoms with Crippen molar-refractivity contribution in [2.75, 3.05) is 5.32 Å². The van der Waals surface area contributed by atoms with E-state index in [4.69, 9.17) is 5.73 Å². The molecule has 3 nitrogen and oxygen atoms in total. The first-order valence-corrected chi connectivity index (χ1v) is 7.13. The molecule has 0 radical (unpaired) electrons. The van der Waals surface area contributed by atoms with Gasteiger partial charge in [-0.25, -0.2) is 0 Å². The van der Waals surface area contributed by atoms with Crippen LogP contribution in [0.5, 0.6) is 0 Å². The van der Waals surface area contributed by atoms with E-state index in [2.05, 4.69) is 21.2 Å². The summed E-state index contributed by atoms with van der Waals surface area (Å²) in [5, 5.41) is 2.94. The highest BCUT2D eigenvalue weighted by molar-refractivity contribution is 9.10. The van der Waals surface area contributed by atoms with Crippen LogP contribution < -0.4 is 11.1 Å². The summed E-state index contributed by atoms with van der Waals surface area (Å²) in [5.41, 5.74) is 7.86. The lowest BCUT2D eigenvalue weighted by atomic mass is 9.94. The van der Waals surface area contributed by atoms with Gasteiger partial charge in [0.05, 0.1) is 5.69 Å². The Morgan fingerprint density at radius 1 is 1.44 bits per heavy atom. The normalized spacial score (nSPS) is 17.7. The van der Waals surface area contributed by atoms with Gasteiger partial charge in [-0.2, -0.15) is 0 Å². The van der Waals surface area contributed by atoms with E-state index < -0.39 is 0 Å². The third-order valence-corrected chi connectivity index (χ3v) is 4.20. The second-order valence-electron chi connectivity index (χ2n) is 5.28.